The van der Waals surface area contributed by atoms with E-state index in [1.54, 1.807) is 13.0 Å². The summed E-state index contributed by atoms with van der Waals surface area (Å²) in [5, 5.41) is 19.3. The second-order valence-electron chi connectivity index (χ2n) is 4.83. The third-order valence-electron chi connectivity index (χ3n) is 3.31. The van der Waals surface area contributed by atoms with E-state index >= 15 is 0 Å². The zero-order valence-electron chi connectivity index (χ0n) is 10.2. The molecule has 5 nitrogen and oxygen atoms in total. The Bertz CT molecular complexity index is 515. The summed E-state index contributed by atoms with van der Waals surface area (Å²) in [6.45, 7) is 2.30. The Morgan fingerprint density at radius 2 is 2.28 bits per heavy atom. The zero-order valence-corrected chi connectivity index (χ0v) is 10.2. The highest BCUT2D eigenvalue weighted by Crippen LogP contribution is 2.48. The Morgan fingerprint density at radius 3 is 2.78 bits per heavy atom. The number of nitrogens with zero attached hydrogens (tertiary/aromatic N) is 2. The van der Waals surface area contributed by atoms with E-state index in [0.29, 0.717) is 18.8 Å². The lowest BCUT2D eigenvalue weighted by Crippen LogP contribution is -2.12. The molecule has 0 atom stereocenters. The predicted molar refractivity (Wildman–Crippen MR) is 65.2 cm³/mol. The van der Waals surface area contributed by atoms with Gasteiger partial charge in [-0.15, -0.1) is 0 Å². The number of hydrogen-bond acceptors (Lipinski definition) is 4. The number of hydrogen-bond donors (Lipinski definition) is 0. The highest BCUT2D eigenvalue weighted by Gasteiger charge is 2.43. The van der Waals surface area contributed by atoms with Crippen LogP contribution in [0.3, 0.4) is 0 Å². The molecule has 0 radical (unpaired) electrons. The lowest BCUT2D eigenvalue weighted by atomic mass is 10.1. The summed E-state index contributed by atoms with van der Waals surface area (Å²) in [6.07, 6.45) is 2.55. The van der Waals surface area contributed by atoms with Gasteiger partial charge in [0.25, 0.3) is 5.69 Å². The summed E-state index contributed by atoms with van der Waals surface area (Å²) in [4.78, 5) is 10.2. The van der Waals surface area contributed by atoms with E-state index in [-0.39, 0.29) is 11.1 Å². The van der Waals surface area contributed by atoms with Gasteiger partial charge in [0.1, 0.15) is 5.75 Å². The van der Waals surface area contributed by atoms with Crippen molar-refractivity contribution in [2.24, 2.45) is 5.41 Å². The van der Waals surface area contributed by atoms with E-state index in [9.17, 15) is 10.1 Å². The Labute approximate surface area is 105 Å². The van der Waals surface area contributed by atoms with Gasteiger partial charge in [-0.3, -0.25) is 10.1 Å². The van der Waals surface area contributed by atoms with Crippen molar-refractivity contribution in [2.75, 3.05) is 6.61 Å². The average molecular weight is 246 g/mol. The van der Waals surface area contributed by atoms with Crippen molar-refractivity contribution in [3.8, 4) is 11.8 Å². The molecule has 1 aliphatic carbocycles. The number of aryl methyl sites for hydroxylation is 1. The average Bonchev–Trinajstić information content (AvgIpc) is 3.08. The van der Waals surface area contributed by atoms with Gasteiger partial charge in [-0.25, -0.2) is 0 Å². The first-order valence-electron chi connectivity index (χ1n) is 5.81. The Balaban J connectivity index is 2.02. The van der Waals surface area contributed by atoms with Crippen molar-refractivity contribution >= 4 is 5.69 Å². The van der Waals surface area contributed by atoms with Crippen molar-refractivity contribution in [3.63, 3.8) is 0 Å². The molecule has 18 heavy (non-hydrogen) atoms. The van der Waals surface area contributed by atoms with E-state index in [0.717, 1.165) is 18.4 Å². The van der Waals surface area contributed by atoms with Crippen molar-refractivity contribution < 1.29 is 9.66 Å². The van der Waals surface area contributed by atoms with Crippen molar-refractivity contribution in [3.05, 3.63) is 33.9 Å². The van der Waals surface area contributed by atoms with Crippen LogP contribution >= 0.6 is 0 Å². The minimum atomic E-state index is -0.422. The van der Waals surface area contributed by atoms with Crippen LogP contribution in [0.5, 0.6) is 5.75 Å². The van der Waals surface area contributed by atoms with Gasteiger partial charge in [-0.05, 0) is 31.4 Å². The third-order valence-corrected chi connectivity index (χ3v) is 3.31. The Morgan fingerprint density at radius 1 is 1.56 bits per heavy atom. The number of nitro benzene ring substituents is 1. The fourth-order valence-corrected chi connectivity index (χ4v) is 1.86. The molecule has 2 rings (SSSR count). The van der Waals surface area contributed by atoms with E-state index in [4.69, 9.17) is 10.00 Å². The number of benzene rings is 1. The van der Waals surface area contributed by atoms with Gasteiger partial charge < -0.3 is 4.74 Å². The van der Waals surface area contributed by atoms with Gasteiger partial charge in [0.05, 0.1) is 17.6 Å². The normalized spacial score (nSPS) is 15.8. The van der Waals surface area contributed by atoms with E-state index in [1.165, 1.54) is 12.1 Å². The summed E-state index contributed by atoms with van der Waals surface area (Å²) in [7, 11) is 0. The maximum Gasteiger partial charge on any atom is 0.269 e. The molecule has 94 valence electrons. The third kappa shape index (κ3) is 2.59. The molecule has 1 aromatic carbocycles. The first-order chi connectivity index (χ1) is 8.56. The molecular weight excluding hydrogens is 232 g/mol. The highest BCUT2D eigenvalue weighted by atomic mass is 16.6. The first kappa shape index (κ1) is 12.4. The highest BCUT2D eigenvalue weighted by molar-refractivity contribution is 5.43. The van der Waals surface area contributed by atoms with E-state index in [1.807, 2.05) is 0 Å². The standard InChI is InChI=1S/C13H14N2O3/c1-10-8-11(15(16)17)2-3-12(10)18-9-13(4-5-13)6-7-14/h2-3,8H,4-6,9H2,1H3. The van der Waals surface area contributed by atoms with Gasteiger partial charge >= 0.3 is 0 Å². The molecule has 1 aliphatic rings. The largest absolute Gasteiger partial charge is 0.493 e. The van der Waals surface area contributed by atoms with Crippen LogP contribution in [0, 0.1) is 33.8 Å². The van der Waals surface area contributed by atoms with Gasteiger partial charge in [0, 0.05) is 24.0 Å². The SMILES string of the molecule is Cc1cc([N+](=O)[O-])ccc1OCC1(CC#N)CC1. The van der Waals surface area contributed by atoms with Crippen LogP contribution in [0.4, 0.5) is 5.69 Å². The lowest BCUT2D eigenvalue weighted by Gasteiger charge is -2.14. The van der Waals surface area contributed by atoms with Crippen LogP contribution in [-0.4, -0.2) is 11.5 Å². The summed E-state index contributed by atoms with van der Waals surface area (Å²) >= 11 is 0. The molecule has 1 saturated carbocycles. The lowest BCUT2D eigenvalue weighted by molar-refractivity contribution is -0.384. The number of ether oxygens (including phenoxy) is 1. The zero-order chi connectivity index (χ0) is 13.2. The summed E-state index contributed by atoms with van der Waals surface area (Å²) in [5.41, 5.74) is 0.832. The first-order valence-corrected chi connectivity index (χ1v) is 5.81. The van der Waals surface area contributed by atoms with Gasteiger partial charge in [0.2, 0.25) is 0 Å². The maximum atomic E-state index is 10.6. The van der Waals surface area contributed by atoms with Crippen molar-refractivity contribution in [1.82, 2.24) is 0 Å². The molecule has 0 bridgehead atoms. The molecule has 0 unspecified atom stereocenters. The van der Waals surface area contributed by atoms with Crippen LogP contribution in [-0.2, 0) is 0 Å². The van der Waals surface area contributed by atoms with Crippen molar-refractivity contribution in [2.45, 2.75) is 26.2 Å². The van der Waals surface area contributed by atoms with E-state index < -0.39 is 4.92 Å². The Kier molecular flexibility index (Phi) is 3.19. The summed E-state index contributed by atoms with van der Waals surface area (Å²) in [6, 6.07) is 6.73. The molecule has 0 aromatic heterocycles. The van der Waals surface area contributed by atoms with Gasteiger partial charge in [0.15, 0.2) is 0 Å². The summed E-state index contributed by atoms with van der Waals surface area (Å²) < 4.78 is 5.68. The van der Waals surface area contributed by atoms with Crippen molar-refractivity contribution in [1.29, 1.82) is 5.26 Å². The molecule has 0 heterocycles. The number of non-ortho nitro benzene ring substituents is 1. The van der Waals surface area contributed by atoms with Gasteiger partial charge in [-0.1, -0.05) is 0 Å². The van der Waals surface area contributed by atoms with Crippen LogP contribution in [0.1, 0.15) is 24.8 Å². The quantitative estimate of drug-likeness (QED) is 0.591. The number of nitro groups is 1. The monoisotopic (exact) mass is 246 g/mol. The molecular formula is C13H14N2O3. The summed E-state index contributed by atoms with van der Waals surface area (Å²) in [5.74, 6) is 0.657. The molecule has 1 aromatic rings. The second-order valence-corrected chi connectivity index (χ2v) is 4.83. The van der Waals surface area contributed by atoms with Crippen LogP contribution in [0.25, 0.3) is 0 Å². The minimum Gasteiger partial charge on any atom is -0.493 e. The van der Waals surface area contributed by atoms with Crippen LogP contribution in [0.2, 0.25) is 0 Å². The number of nitriles is 1. The molecule has 0 N–H and O–H groups in total. The second kappa shape index (κ2) is 4.65. The molecule has 1 fully saturated rings. The maximum absolute atomic E-state index is 10.6. The van der Waals surface area contributed by atoms with Crippen LogP contribution < -0.4 is 4.74 Å². The minimum absolute atomic E-state index is 0.0168. The molecule has 0 saturated heterocycles. The molecule has 0 amide bonds. The molecule has 0 aliphatic heterocycles. The molecule has 5 heteroatoms. The predicted octanol–water partition coefficient (Wildman–Crippen LogP) is 2.98. The van der Waals surface area contributed by atoms with Gasteiger partial charge in [-0.2, -0.15) is 5.26 Å². The fourth-order valence-electron chi connectivity index (χ4n) is 1.86. The fraction of sp³-hybridized carbons (Fsp3) is 0.462. The molecule has 0 spiro atoms. The topological polar surface area (TPSA) is 76.2 Å². The van der Waals surface area contributed by atoms with Crippen LogP contribution in [0.15, 0.2) is 18.2 Å². The number of rotatable bonds is 5. The Hall–Kier alpha value is -2.09. The smallest absolute Gasteiger partial charge is 0.269 e. The van der Waals surface area contributed by atoms with E-state index in [2.05, 4.69) is 6.07 Å².